The fraction of sp³-hybridized carbons (Fsp3) is 0.778. The van der Waals surface area contributed by atoms with Crippen molar-refractivity contribution in [3.8, 4) is 0 Å². The summed E-state index contributed by atoms with van der Waals surface area (Å²) in [6.45, 7) is 6.66. The Morgan fingerprint density at radius 3 is 2.56 bits per heavy atom. The second kappa shape index (κ2) is 7.97. The van der Waals surface area contributed by atoms with Gasteiger partial charge in [-0.05, 0) is 38.5 Å². The van der Waals surface area contributed by atoms with Crippen LogP contribution in [0.1, 0.15) is 50.7 Å². The van der Waals surface area contributed by atoms with Crippen molar-refractivity contribution in [2.75, 3.05) is 26.2 Å². The average molecular weight is 348 g/mol. The fourth-order valence-corrected chi connectivity index (χ4v) is 3.91. The predicted octanol–water partition coefficient (Wildman–Crippen LogP) is 1.81. The van der Waals surface area contributed by atoms with Crippen LogP contribution in [-0.2, 0) is 16.0 Å². The topological polar surface area (TPSA) is 79.5 Å². The molecule has 0 bridgehead atoms. The summed E-state index contributed by atoms with van der Waals surface area (Å²) in [4.78, 5) is 32.8. The number of piperidine rings is 2. The molecule has 3 heterocycles. The van der Waals surface area contributed by atoms with Gasteiger partial charge in [0.25, 0.3) is 0 Å². The number of amides is 2. The van der Waals surface area contributed by atoms with Crippen molar-refractivity contribution < 1.29 is 14.1 Å². The number of rotatable bonds is 4. The molecule has 0 saturated carbocycles. The molecule has 2 fully saturated rings. The van der Waals surface area contributed by atoms with E-state index in [-0.39, 0.29) is 17.7 Å². The van der Waals surface area contributed by atoms with Gasteiger partial charge in [-0.1, -0.05) is 12.1 Å². The van der Waals surface area contributed by atoms with Gasteiger partial charge in [0.1, 0.15) is 0 Å². The molecule has 0 N–H and O–H groups in total. The second-order valence-electron chi connectivity index (χ2n) is 7.24. The van der Waals surface area contributed by atoms with Crippen molar-refractivity contribution in [2.24, 2.45) is 11.8 Å². The molecule has 25 heavy (non-hydrogen) atoms. The molecule has 138 valence electrons. The molecule has 3 rings (SSSR count). The lowest BCUT2D eigenvalue weighted by molar-refractivity contribution is -0.141. The van der Waals surface area contributed by atoms with Crippen molar-refractivity contribution in [3.63, 3.8) is 0 Å². The van der Waals surface area contributed by atoms with E-state index >= 15 is 0 Å². The Bertz CT molecular complexity index is 607. The van der Waals surface area contributed by atoms with Gasteiger partial charge in [-0.3, -0.25) is 9.59 Å². The van der Waals surface area contributed by atoms with Gasteiger partial charge in [-0.15, -0.1) is 0 Å². The molecule has 2 aliphatic heterocycles. The minimum Gasteiger partial charge on any atom is -0.342 e. The van der Waals surface area contributed by atoms with E-state index in [9.17, 15) is 9.59 Å². The molecule has 0 unspecified atom stereocenters. The van der Waals surface area contributed by atoms with Crippen molar-refractivity contribution in [3.05, 3.63) is 11.7 Å². The maximum absolute atomic E-state index is 12.8. The molecule has 7 heteroatoms. The largest absolute Gasteiger partial charge is 0.342 e. The molecular weight excluding hydrogens is 320 g/mol. The molecule has 7 nitrogen and oxygen atoms in total. The molecular formula is C18H28N4O3. The van der Waals surface area contributed by atoms with Gasteiger partial charge in [0, 0.05) is 39.0 Å². The Morgan fingerprint density at radius 2 is 1.92 bits per heavy atom. The zero-order valence-electron chi connectivity index (χ0n) is 15.2. The van der Waals surface area contributed by atoms with Gasteiger partial charge in [0.2, 0.25) is 17.7 Å². The summed E-state index contributed by atoms with van der Waals surface area (Å²) in [7, 11) is 0. The van der Waals surface area contributed by atoms with Crippen molar-refractivity contribution in [2.45, 2.75) is 52.4 Å². The summed E-state index contributed by atoms with van der Waals surface area (Å²) in [5, 5.41) is 3.83. The van der Waals surface area contributed by atoms with E-state index in [4.69, 9.17) is 4.52 Å². The lowest BCUT2D eigenvalue weighted by Crippen LogP contribution is -2.48. The smallest absolute Gasteiger partial charge is 0.227 e. The first-order valence-electron chi connectivity index (χ1n) is 9.42. The number of nitrogens with zero attached hydrogens (tertiary/aromatic N) is 4. The van der Waals surface area contributed by atoms with Crippen LogP contribution in [0.4, 0.5) is 0 Å². The highest BCUT2D eigenvalue weighted by Gasteiger charge is 2.32. The number of aromatic nitrogens is 2. The Hall–Kier alpha value is -1.92. The Morgan fingerprint density at radius 1 is 1.16 bits per heavy atom. The van der Waals surface area contributed by atoms with Crippen LogP contribution in [0.15, 0.2) is 4.52 Å². The van der Waals surface area contributed by atoms with Crippen LogP contribution in [0.3, 0.4) is 0 Å². The third kappa shape index (κ3) is 4.38. The van der Waals surface area contributed by atoms with Crippen LogP contribution in [-0.4, -0.2) is 57.9 Å². The zero-order valence-corrected chi connectivity index (χ0v) is 15.2. The lowest BCUT2D eigenvalue weighted by atomic mass is 9.91. The quantitative estimate of drug-likeness (QED) is 0.829. The van der Waals surface area contributed by atoms with E-state index in [2.05, 4.69) is 10.1 Å². The molecule has 1 aromatic heterocycles. The molecule has 0 aromatic carbocycles. The minimum atomic E-state index is -0.0283. The molecule has 1 aromatic rings. The van der Waals surface area contributed by atoms with Crippen LogP contribution in [0, 0.1) is 18.8 Å². The average Bonchev–Trinajstić information content (AvgIpc) is 3.06. The van der Waals surface area contributed by atoms with Crippen molar-refractivity contribution in [1.29, 1.82) is 0 Å². The van der Waals surface area contributed by atoms with Crippen LogP contribution in [0.25, 0.3) is 0 Å². The summed E-state index contributed by atoms with van der Waals surface area (Å²) in [6.07, 6.45) is 5.07. The molecule has 2 saturated heterocycles. The lowest BCUT2D eigenvalue weighted by Gasteiger charge is -2.37. The van der Waals surface area contributed by atoms with Crippen LogP contribution >= 0.6 is 0 Å². The monoisotopic (exact) mass is 348 g/mol. The number of likely N-dealkylation sites (tertiary alicyclic amines) is 2. The summed E-state index contributed by atoms with van der Waals surface area (Å²) >= 11 is 0. The highest BCUT2D eigenvalue weighted by atomic mass is 16.5. The molecule has 1 atom stereocenters. The SMILES string of the molecule is CCC(=O)N1CCC[C@@H](C(=O)N2CCC(Cc3nc(C)no3)CC2)C1. The van der Waals surface area contributed by atoms with E-state index in [1.807, 2.05) is 23.6 Å². The summed E-state index contributed by atoms with van der Waals surface area (Å²) in [5.74, 6) is 2.22. The Labute approximate surface area is 148 Å². The maximum Gasteiger partial charge on any atom is 0.227 e. The van der Waals surface area contributed by atoms with E-state index < -0.39 is 0 Å². The van der Waals surface area contributed by atoms with E-state index in [0.29, 0.717) is 30.6 Å². The third-order valence-electron chi connectivity index (χ3n) is 5.38. The summed E-state index contributed by atoms with van der Waals surface area (Å²) < 4.78 is 5.20. The van der Waals surface area contributed by atoms with Gasteiger partial charge in [0.15, 0.2) is 5.82 Å². The van der Waals surface area contributed by atoms with Gasteiger partial charge in [-0.2, -0.15) is 4.98 Å². The highest BCUT2D eigenvalue weighted by Crippen LogP contribution is 2.25. The van der Waals surface area contributed by atoms with Crippen molar-refractivity contribution >= 4 is 11.8 Å². The molecule has 0 spiro atoms. The first-order valence-corrected chi connectivity index (χ1v) is 9.42. The van der Waals surface area contributed by atoms with Crippen LogP contribution < -0.4 is 0 Å². The fourth-order valence-electron chi connectivity index (χ4n) is 3.91. The number of carbonyl (C=O) groups is 2. The first kappa shape index (κ1) is 17.9. The Balaban J connectivity index is 1.48. The summed E-state index contributed by atoms with van der Waals surface area (Å²) in [6, 6.07) is 0. The van der Waals surface area contributed by atoms with Crippen molar-refractivity contribution in [1.82, 2.24) is 19.9 Å². The minimum absolute atomic E-state index is 0.0283. The predicted molar refractivity (Wildman–Crippen MR) is 91.6 cm³/mol. The molecule has 0 aliphatic carbocycles. The van der Waals surface area contributed by atoms with E-state index in [0.717, 1.165) is 51.7 Å². The zero-order chi connectivity index (χ0) is 17.8. The van der Waals surface area contributed by atoms with Gasteiger partial charge < -0.3 is 14.3 Å². The number of hydrogen-bond acceptors (Lipinski definition) is 5. The Kier molecular flexibility index (Phi) is 5.71. The number of hydrogen-bond donors (Lipinski definition) is 0. The normalized spacial score (nSPS) is 22.2. The first-order chi connectivity index (χ1) is 12.1. The van der Waals surface area contributed by atoms with Gasteiger partial charge >= 0.3 is 0 Å². The summed E-state index contributed by atoms with van der Waals surface area (Å²) in [5.41, 5.74) is 0. The highest BCUT2D eigenvalue weighted by molar-refractivity contribution is 5.81. The molecule has 2 amide bonds. The van der Waals surface area contributed by atoms with Gasteiger partial charge in [-0.25, -0.2) is 0 Å². The molecule has 0 radical (unpaired) electrons. The second-order valence-corrected chi connectivity index (χ2v) is 7.24. The van der Waals surface area contributed by atoms with E-state index in [1.54, 1.807) is 0 Å². The maximum atomic E-state index is 12.8. The number of aryl methyl sites for hydroxylation is 1. The standard InChI is InChI=1S/C18H28N4O3/c1-3-17(23)22-8-4-5-15(12-22)18(24)21-9-6-14(7-10-21)11-16-19-13(2)20-25-16/h14-15H,3-12H2,1-2H3/t15-/m1/s1. The van der Waals surface area contributed by atoms with E-state index in [1.165, 1.54) is 0 Å². The van der Waals surface area contributed by atoms with Crippen LogP contribution in [0.5, 0.6) is 0 Å². The van der Waals surface area contributed by atoms with Gasteiger partial charge in [0.05, 0.1) is 5.92 Å². The van der Waals surface area contributed by atoms with Crippen LogP contribution in [0.2, 0.25) is 0 Å². The molecule has 2 aliphatic rings. The number of carbonyl (C=O) groups excluding carboxylic acids is 2. The third-order valence-corrected chi connectivity index (χ3v) is 5.38.